The fourth-order valence-electron chi connectivity index (χ4n) is 3.05. The minimum atomic E-state index is -0.470. The Bertz CT molecular complexity index is 618. The van der Waals surface area contributed by atoms with E-state index in [0.717, 1.165) is 6.42 Å². The van der Waals surface area contributed by atoms with Crippen molar-refractivity contribution in [1.82, 2.24) is 4.90 Å². The lowest BCUT2D eigenvalue weighted by Crippen LogP contribution is -2.33. The number of amides is 1. The molecule has 0 aromatic heterocycles. The van der Waals surface area contributed by atoms with Crippen molar-refractivity contribution in [1.29, 1.82) is 0 Å². The average molecular weight is 347 g/mol. The molecule has 3 rings (SSSR count). The Labute approximate surface area is 148 Å². The largest absolute Gasteiger partial charge is 0.493 e. The van der Waals surface area contributed by atoms with Crippen molar-refractivity contribution in [3.8, 4) is 5.75 Å². The highest BCUT2D eigenvalue weighted by atomic mass is 16.5. The zero-order valence-corrected chi connectivity index (χ0v) is 14.7. The number of hydrogen-bond donors (Lipinski definition) is 0. The van der Waals surface area contributed by atoms with Crippen LogP contribution in [0.2, 0.25) is 0 Å². The second kappa shape index (κ2) is 8.34. The van der Waals surface area contributed by atoms with Gasteiger partial charge in [0.25, 0.3) is 5.91 Å². The monoisotopic (exact) mass is 347 g/mol. The van der Waals surface area contributed by atoms with Gasteiger partial charge in [0.1, 0.15) is 5.75 Å². The molecule has 0 radical (unpaired) electrons. The molecule has 0 N–H and O–H groups in total. The zero-order valence-electron chi connectivity index (χ0n) is 14.7. The molecule has 1 aromatic carbocycles. The first kappa shape index (κ1) is 17.7. The van der Waals surface area contributed by atoms with Crippen molar-refractivity contribution >= 4 is 11.9 Å². The van der Waals surface area contributed by atoms with Crippen LogP contribution in [0.1, 0.15) is 46.4 Å². The van der Waals surface area contributed by atoms with E-state index in [9.17, 15) is 9.59 Å². The summed E-state index contributed by atoms with van der Waals surface area (Å²) in [6, 6.07) is 4.95. The van der Waals surface area contributed by atoms with Crippen molar-refractivity contribution in [3.63, 3.8) is 0 Å². The third-order valence-electron chi connectivity index (χ3n) is 4.79. The lowest BCUT2D eigenvalue weighted by Gasteiger charge is -2.25. The average Bonchev–Trinajstić information content (AvgIpc) is 2.88. The number of carbonyl (C=O) groups excluding carboxylic acids is 2. The van der Waals surface area contributed by atoms with Crippen molar-refractivity contribution in [2.75, 3.05) is 40.0 Å². The molecule has 136 valence electrons. The van der Waals surface area contributed by atoms with Crippen LogP contribution < -0.4 is 4.74 Å². The van der Waals surface area contributed by atoms with Crippen molar-refractivity contribution < 1.29 is 23.8 Å². The fourth-order valence-corrected chi connectivity index (χ4v) is 3.05. The van der Waals surface area contributed by atoms with Gasteiger partial charge in [-0.15, -0.1) is 0 Å². The Balaban J connectivity index is 1.79. The third-order valence-corrected chi connectivity index (χ3v) is 4.79. The van der Waals surface area contributed by atoms with Gasteiger partial charge in [-0.1, -0.05) is 6.42 Å². The summed E-state index contributed by atoms with van der Waals surface area (Å²) in [5.41, 5.74) is 0.788. The number of methoxy groups -OCH3 is 1. The molecular formula is C19H25NO5. The maximum absolute atomic E-state index is 12.8. The SMILES string of the molecule is COC(=O)c1cc(OCC2CCC2)cc(C(=O)N2CCCOCC2)c1. The summed E-state index contributed by atoms with van der Waals surface area (Å²) in [6.07, 6.45) is 4.41. The fraction of sp³-hybridized carbons (Fsp3) is 0.579. The summed E-state index contributed by atoms with van der Waals surface area (Å²) in [5.74, 6) is 0.542. The van der Waals surface area contributed by atoms with E-state index >= 15 is 0 Å². The van der Waals surface area contributed by atoms with Gasteiger partial charge in [-0.2, -0.15) is 0 Å². The smallest absolute Gasteiger partial charge is 0.338 e. The van der Waals surface area contributed by atoms with Crippen LogP contribution in [0.3, 0.4) is 0 Å². The third kappa shape index (κ3) is 4.51. The van der Waals surface area contributed by atoms with Gasteiger partial charge >= 0.3 is 5.97 Å². The standard InChI is InChI=1S/C19H25NO5/c1-23-19(22)16-10-15(18(21)20-6-3-8-24-9-7-20)11-17(12-16)25-13-14-4-2-5-14/h10-12,14H,2-9,13H2,1H3. The Morgan fingerprint density at radius 1 is 1.12 bits per heavy atom. The molecule has 0 bridgehead atoms. The van der Waals surface area contributed by atoms with E-state index in [0.29, 0.717) is 55.7 Å². The lowest BCUT2D eigenvalue weighted by atomic mass is 9.86. The topological polar surface area (TPSA) is 65.1 Å². The minimum absolute atomic E-state index is 0.107. The Morgan fingerprint density at radius 2 is 1.92 bits per heavy atom. The van der Waals surface area contributed by atoms with Crippen LogP contribution in [0.15, 0.2) is 18.2 Å². The Hall–Kier alpha value is -2.08. The molecule has 1 heterocycles. The molecular weight excluding hydrogens is 322 g/mol. The molecule has 1 aliphatic heterocycles. The van der Waals surface area contributed by atoms with Crippen molar-refractivity contribution in [3.05, 3.63) is 29.3 Å². The predicted octanol–water partition coefficient (Wildman–Crippen LogP) is 2.51. The number of esters is 1. The molecule has 0 atom stereocenters. The molecule has 0 spiro atoms. The highest BCUT2D eigenvalue weighted by Crippen LogP contribution is 2.28. The van der Waals surface area contributed by atoms with Crippen LogP contribution in [-0.2, 0) is 9.47 Å². The molecule has 1 aromatic rings. The molecule has 6 nitrogen and oxygen atoms in total. The van der Waals surface area contributed by atoms with Gasteiger partial charge in [0, 0.05) is 25.3 Å². The summed E-state index contributed by atoms with van der Waals surface area (Å²) < 4.78 is 16.1. The second-order valence-electron chi connectivity index (χ2n) is 6.60. The molecule has 2 aliphatic rings. The number of rotatable bonds is 5. The minimum Gasteiger partial charge on any atom is -0.493 e. The molecule has 1 saturated heterocycles. The van der Waals surface area contributed by atoms with E-state index in [1.165, 1.54) is 26.4 Å². The first-order chi connectivity index (χ1) is 12.2. The Kier molecular flexibility index (Phi) is 5.91. The molecule has 25 heavy (non-hydrogen) atoms. The number of benzene rings is 1. The number of hydrogen-bond acceptors (Lipinski definition) is 5. The summed E-state index contributed by atoms with van der Waals surface area (Å²) in [5, 5.41) is 0. The molecule has 1 saturated carbocycles. The quantitative estimate of drug-likeness (QED) is 0.766. The maximum atomic E-state index is 12.8. The van der Waals surface area contributed by atoms with Crippen LogP contribution in [-0.4, -0.2) is 56.8 Å². The van der Waals surface area contributed by atoms with Crippen LogP contribution in [0, 0.1) is 5.92 Å². The van der Waals surface area contributed by atoms with Crippen molar-refractivity contribution in [2.45, 2.75) is 25.7 Å². The van der Waals surface area contributed by atoms with Gasteiger partial charge in [-0.3, -0.25) is 4.79 Å². The van der Waals surface area contributed by atoms with Gasteiger partial charge in [-0.05, 0) is 43.4 Å². The molecule has 1 amide bonds. The Morgan fingerprint density at radius 3 is 2.64 bits per heavy atom. The highest BCUT2D eigenvalue weighted by molar-refractivity contribution is 5.98. The van der Waals surface area contributed by atoms with E-state index in [4.69, 9.17) is 14.2 Å². The summed E-state index contributed by atoms with van der Waals surface area (Å²) in [7, 11) is 1.33. The van der Waals surface area contributed by atoms with E-state index in [1.54, 1.807) is 23.1 Å². The molecule has 6 heteroatoms. The molecule has 1 aliphatic carbocycles. The van der Waals surface area contributed by atoms with Crippen LogP contribution in [0.5, 0.6) is 5.75 Å². The zero-order chi connectivity index (χ0) is 17.6. The summed E-state index contributed by atoms with van der Waals surface area (Å²) in [4.78, 5) is 26.6. The van der Waals surface area contributed by atoms with E-state index in [-0.39, 0.29) is 5.91 Å². The maximum Gasteiger partial charge on any atom is 0.338 e. The van der Waals surface area contributed by atoms with E-state index in [2.05, 4.69) is 0 Å². The van der Waals surface area contributed by atoms with Crippen molar-refractivity contribution in [2.24, 2.45) is 5.92 Å². The summed E-state index contributed by atoms with van der Waals surface area (Å²) >= 11 is 0. The summed E-state index contributed by atoms with van der Waals surface area (Å²) in [6.45, 7) is 3.03. The first-order valence-electron chi connectivity index (χ1n) is 8.90. The van der Waals surface area contributed by atoms with E-state index < -0.39 is 5.97 Å². The van der Waals surface area contributed by atoms with Gasteiger partial charge in [0.2, 0.25) is 0 Å². The number of ether oxygens (including phenoxy) is 3. The van der Waals surface area contributed by atoms with Gasteiger partial charge < -0.3 is 19.1 Å². The van der Waals surface area contributed by atoms with Crippen LogP contribution in [0.4, 0.5) is 0 Å². The van der Waals surface area contributed by atoms with Crippen LogP contribution >= 0.6 is 0 Å². The molecule has 2 fully saturated rings. The first-order valence-corrected chi connectivity index (χ1v) is 8.90. The molecule has 0 unspecified atom stereocenters. The van der Waals surface area contributed by atoms with Gasteiger partial charge in [-0.25, -0.2) is 4.79 Å². The number of nitrogens with zero attached hydrogens (tertiary/aromatic N) is 1. The highest BCUT2D eigenvalue weighted by Gasteiger charge is 2.22. The van der Waals surface area contributed by atoms with Gasteiger partial charge in [0.15, 0.2) is 0 Å². The van der Waals surface area contributed by atoms with E-state index in [1.807, 2.05) is 0 Å². The predicted molar refractivity (Wildman–Crippen MR) is 92.0 cm³/mol. The normalized spacial score (nSPS) is 18.2. The lowest BCUT2D eigenvalue weighted by molar-refractivity contribution is 0.0600. The number of carbonyl (C=O) groups is 2. The van der Waals surface area contributed by atoms with Gasteiger partial charge in [0.05, 0.1) is 25.9 Å². The van der Waals surface area contributed by atoms with Crippen LogP contribution in [0.25, 0.3) is 0 Å². The second-order valence-corrected chi connectivity index (χ2v) is 6.60.